The third kappa shape index (κ3) is 3.91. The van der Waals surface area contributed by atoms with Gasteiger partial charge in [0.2, 0.25) is 5.91 Å². The Hall–Kier alpha value is -2.33. The summed E-state index contributed by atoms with van der Waals surface area (Å²) in [6, 6.07) is 14.6. The molecule has 0 saturated carbocycles. The average Bonchev–Trinajstić information content (AvgIpc) is 3.04. The highest BCUT2D eigenvalue weighted by atomic mass is 35.5. The van der Waals surface area contributed by atoms with Crippen molar-refractivity contribution in [2.75, 3.05) is 11.4 Å². The van der Waals surface area contributed by atoms with Crippen molar-refractivity contribution < 1.29 is 14.3 Å². The Bertz CT molecular complexity index is 803. The quantitative estimate of drug-likeness (QED) is 0.559. The number of hydrogen-bond donors (Lipinski definition) is 0. The van der Waals surface area contributed by atoms with Crippen LogP contribution in [0.1, 0.15) is 38.2 Å². The lowest BCUT2D eigenvalue weighted by Crippen LogP contribution is -2.27. The highest BCUT2D eigenvalue weighted by Crippen LogP contribution is 2.31. The number of ether oxygens (including phenoxy) is 1. The Labute approximate surface area is 158 Å². The van der Waals surface area contributed by atoms with Gasteiger partial charge in [-0.1, -0.05) is 43.6 Å². The number of benzene rings is 2. The van der Waals surface area contributed by atoms with Crippen LogP contribution < -0.4 is 9.64 Å². The molecule has 0 unspecified atom stereocenters. The second-order valence-corrected chi connectivity index (χ2v) is 7.09. The molecule has 1 aliphatic heterocycles. The summed E-state index contributed by atoms with van der Waals surface area (Å²) in [6.07, 6.45) is 1.12. The number of halogens is 1. The molecule has 2 aromatic rings. The number of anilines is 1. The molecule has 0 spiro atoms. The lowest BCUT2D eigenvalue weighted by atomic mass is 9.98. The normalized spacial score (nSPS) is 18.0. The minimum absolute atomic E-state index is 0.0792. The first kappa shape index (κ1) is 18.5. The Kier molecular flexibility index (Phi) is 5.62. The minimum Gasteiger partial charge on any atom is -0.426 e. The third-order valence-corrected chi connectivity index (χ3v) is 5.12. The van der Waals surface area contributed by atoms with Crippen molar-refractivity contribution in [3.63, 3.8) is 0 Å². The van der Waals surface area contributed by atoms with E-state index in [2.05, 4.69) is 13.8 Å². The van der Waals surface area contributed by atoms with Crippen molar-refractivity contribution in [1.29, 1.82) is 0 Å². The number of nitrogens with zero attached hydrogens (tertiary/aromatic N) is 1. The van der Waals surface area contributed by atoms with E-state index in [9.17, 15) is 9.59 Å². The first-order valence-electron chi connectivity index (χ1n) is 8.86. The maximum atomic E-state index is 12.6. The van der Waals surface area contributed by atoms with E-state index in [4.69, 9.17) is 16.3 Å². The van der Waals surface area contributed by atoms with Gasteiger partial charge in [0.05, 0.1) is 5.92 Å². The van der Waals surface area contributed by atoms with Crippen molar-refractivity contribution in [2.24, 2.45) is 5.92 Å². The Balaban J connectivity index is 1.72. The summed E-state index contributed by atoms with van der Waals surface area (Å²) in [6.45, 7) is 4.53. The predicted octanol–water partition coefficient (Wildman–Crippen LogP) is 4.81. The first-order valence-corrected chi connectivity index (χ1v) is 9.24. The van der Waals surface area contributed by atoms with Gasteiger partial charge in [0.15, 0.2) is 0 Å². The van der Waals surface area contributed by atoms with Gasteiger partial charge in [-0.3, -0.25) is 9.59 Å². The van der Waals surface area contributed by atoms with E-state index in [1.807, 2.05) is 24.3 Å². The number of carbonyl (C=O) groups is 2. The fourth-order valence-electron chi connectivity index (χ4n) is 3.13. The van der Waals surface area contributed by atoms with E-state index in [1.54, 1.807) is 29.2 Å². The number of carbonyl (C=O) groups excluding carboxylic acids is 2. The molecule has 1 heterocycles. The molecule has 1 amide bonds. The van der Waals surface area contributed by atoms with Gasteiger partial charge < -0.3 is 9.64 Å². The molecule has 0 bridgehead atoms. The molecule has 2 atom stereocenters. The van der Waals surface area contributed by atoms with Crippen LogP contribution >= 0.6 is 11.6 Å². The van der Waals surface area contributed by atoms with Crippen LogP contribution in [0.25, 0.3) is 0 Å². The Morgan fingerprint density at radius 3 is 2.62 bits per heavy atom. The lowest BCUT2D eigenvalue weighted by Gasteiger charge is -2.18. The van der Waals surface area contributed by atoms with E-state index < -0.39 is 5.92 Å². The molecule has 4 nitrogen and oxygen atoms in total. The van der Waals surface area contributed by atoms with Crippen molar-refractivity contribution in [2.45, 2.75) is 32.6 Å². The second kappa shape index (κ2) is 7.92. The highest BCUT2D eigenvalue weighted by Gasteiger charge is 2.36. The molecule has 0 aliphatic carbocycles. The molecule has 136 valence electrons. The van der Waals surface area contributed by atoms with E-state index in [0.29, 0.717) is 23.2 Å². The number of hydrogen-bond acceptors (Lipinski definition) is 3. The zero-order valence-electron chi connectivity index (χ0n) is 14.9. The molecular weight excluding hydrogens is 350 g/mol. The summed E-state index contributed by atoms with van der Waals surface area (Å²) in [4.78, 5) is 26.6. The van der Waals surface area contributed by atoms with Crippen molar-refractivity contribution in [1.82, 2.24) is 0 Å². The van der Waals surface area contributed by atoms with Gasteiger partial charge in [0.25, 0.3) is 0 Å². The Morgan fingerprint density at radius 1 is 1.23 bits per heavy atom. The summed E-state index contributed by atoms with van der Waals surface area (Å²) in [5.74, 6) is -0.0164. The van der Waals surface area contributed by atoms with Gasteiger partial charge in [-0.05, 0) is 48.2 Å². The van der Waals surface area contributed by atoms with E-state index in [1.165, 1.54) is 0 Å². The van der Waals surface area contributed by atoms with Crippen LogP contribution in [0.15, 0.2) is 48.5 Å². The smallest absolute Gasteiger partial charge is 0.316 e. The molecule has 1 fully saturated rings. The molecule has 2 aromatic carbocycles. The van der Waals surface area contributed by atoms with Crippen LogP contribution in [-0.2, 0) is 9.59 Å². The van der Waals surface area contributed by atoms with Crippen LogP contribution in [-0.4, -0.2) is 18.4 Å². The van der Waals surface area contributed by atoms with E-state index in [0.717, 1.165) is 17.7 Å². The van der Waals surface area contributed by atoms with Gasteiger partial charge in [-0.25, -0.2) is 0 Å². The number of esters is 1. The maximum absolute atomic E-state index is 12.6. The fourth-order valence-corrected chi connectivity index (χ4v) is 3.25. The third-order valence-electron chi connectivity index (χ3n) is 4.87. The summed E-state index contributed by atoms with van der Waals surface area (Å²) in [7, 11) is 0. The lowest BCUT2D eigenvalue weighted by molar-refractivity contribution is -0.139. The van der Waals surface area contributed by atoms with Gasteiger partial charge in [-0.2, -0.15) is 0 Å². The topological polar surface area (TPSA) is 46.6 Å². The van der Waals surface area contributed by atoms with Gasteiger partial charge in [-0.15, -0.1) is 0 Å². The molecule has 0 radical (unpaired) electrons. The monoisotopic (exact) mass is 371 g/mol. The SMILES string of the molecule is CC[C@H](C)c1ccccc1OC(=O)[C@H]1CC(=O)N(c2ccc(Cl)cc2)C1. The van der Waals surface area contributed by atoms with Gasteiger partial charge in [0, 0.05) is 23.7 Å². The first-order chi connectivity index (χ1) is 12.5. The number of amides is 1. The van der Waals surface area contributed by atoms with Crippen LogP contribution in [0.3, 0.4) is 0 Å². The van der Waals surface area contributed by atoms with Crippen molar-refractivity contribution in [3.8, 4) is 5.75 Å². The van der Waals surface area contributed by atoms with Crippen molar-refractivity contribution >= 4 is 29.2 Å². The van der Waals surface area contributed by atoms with Crippen LogP contribution in [0.5, 0.6) is 5.75 Å². The van der Waals surface area contributed by atoms with Crippen LogP contribution in [0, 0.1) is 5.92 Å². The summed E-state index contributed by atoms with van der Waals surface area (Å²) < 4.78 is 5.67. The van der Waals surface area contributed by atoms with E-state index >= 15 is 0 Å². The van der Waals surface area contributed by atoms with Crippen molar-refractivity contribution in [3.05, 3.63) is 59.1 Å². The van der Waals surface area contributed by atoms with Crippen LogP contribution in [0.4, 0.5) is 5.69 Å². The molecule has 5 heteroatoms. The molecule has 3 rings (SSSR count). The Morgan fingerprint density at radius 2 is 1.92 bits per heavy atom. The fraction of sp³-hybridized carbons (Fsp3) is 0.333. The molecule has 1 aliphatic rings. The molecular formula is C21H22ClNO3. The largest absolute Gasteiger partial charge is 0.426 e. The minimum atomic E-state index is -0.469. The average molecular weight is 372 g/mol. The predicted molar refractivity (Wildman–Crippen MR) is 103 cm³/mol. The van der Waals surface area contributed by atoms with Crippen LogP contribution in [0.2, 0.25) is 5.02 Å². The highest BCUT2D eigenvalue weighted by molar-refractivity contribution is 6.30. The maximum Gasteiger partial charge on any atom is 0.316 e. The number of para-hydroxylation sites is 1. The standard InChI is InChI=1S/C21H22ClNO3/c1-3-14(2)18-6-4-5-7-19(18)26-21(25)15-12-20(24)23(13-15)17-10-8-16(22)9-11-17/h4-11,14-15H,3,12-13H2,1-2H3/t14-,15-/m0/s1. The summed E-state index contributed by atoms with van der Waals surface area (Å²) >= 11 is 5.90. The zero-order valence-corrected chi connectivity index (χ0v) is 15.7. The number of rotatable bonds is 5. The zero-order chi connectivity index (χ0) is 18.7. The summed E-state index contributed by atoms with van der Waals surface area (Å²) in [5, 5.41) is 0.609. The van der Waals surface area contributed by atoms with Gasteiger partial charge >= 0.3 is 5.97 Å². The summed E-state index contributed by atoms with van der Waals surface area (Å²) in [5.41, 5.74) is 1.76. The molecule has 0 aromatic heterocycles. The second-order valence-electron chi connectivity index (χ2n) is 6.65. The molecule has 26 heavy (non-hydrogen) atoms. The molecule has 0 N–H and O–H groups in total. The van der Waals surface area contributed by atoms with E-state index in [-0.39, 0.29) is 18.3 Å². The molecule has 1 saturated heterocycles. The van der Waals surface area contributed by atoms with Gasteiger partial charge in [0.1, 0.15) is 5.75 Å².